The van der Waals surface area contributed by atoms with Crippen LogP contribution in [0, 0.1) is 5.92 Å². The molecule has 0 saturated carbocycles. The molecule has 4 nitrogen and oxygen atoms in total. The van der Waals surface area contributed by atoms with Crippen LogP contribution in [0.5, 0.6) is 0 Å². The van der Waals surface area contributed by atoms with Crippen LogP contribution in [0.1, 0.15) is 19.8 Å². The molecule has 0 radical (unpaired) electrons. The lowest BCUT2D eigenvalue weighted by atomic mass is 9.97. The van der Waals surface area contributed by atoms with E-state index in [1.807, 2.05) is 6.92 Å². The molecule has 2 N–H and O–H groups in total. The summed E-state index contributed by atoms with van der Waals surface area (Å²) in [5.74, 6) is 0.180. The van der Waals surface area contributed by atoms with Crippen LogP contribution < -0.4 is 10.0 Å². The van der Waals surface area contributed by atoms with E-state index in [-0.39, 0.29) is 18.2 Å². The van der Waals surface area contributed by atoms with Crippen molar-refractivity contribution in [2.45, 2.75) is 25.8 Å². The summed E-state index contributed by atoms with van der Waals surface area (Å²) in [4.78, 5) is 0. The second kappa shape index (κ2) is 5.77. The maximum Gasteiger partial charge on any atom is 0.211 e. The summed E-state index contributed by atoms with van der Waals surface area (Å²) in [6, 6.07) is -0.00383. The lowest BCUT2D eigenvalue weighted by molar-refractivity contribution is 0.327. The minimum atomic E-state index is -3.29. The Kier molecular flexibility index (Phi) is 4.95. The Bertz CT molecular complexity index is 282. The highest BCUT2D eigenvalue weighted by Crippen LogP contribution is 2.11. The van der Waals surface area contributed by atoms with Crippen LogP contribution in [-0.2, 0) is 10.0 Å². The topological polar surface area (TPSA) is 58.2 Å². The van der Waals surface area contributed by atoms with Crippen LogP contribution in [0.2, 0.25) is 0 Å². The molecule has 90 valence electrons. The summed E-state index contributed by atoms with van der Waals surface area (Å²) in [5.41, 5.74) is 0. The van der Waals surface area contributed by atoms with Gasteiger partial charge in [0.25, 0.3) is 0 Å². The van der Waals surface area contributed by atoms with E-state index in [1.165, 1.54) is 0 Å². The van der Waals surface area contributed by atoms with Crippen LogP contribution in [0.15, 0.2) is 0 Å². The van der Waals surface area contributed by atoms with E-state index in [4.69, 9.17) is 0 Å². The maximum atomic E-state index is 11.9. The van der Waals surface area contributed by atoms with Gasteiger partial charge in [0.1, 0.15) is 0 Å². The van der Waals surface area contributed by atoms with Crippen LogP contribution >= 0.6 is 0 Å². The third-order valence-corrected chi connectivity index (χ3v) is 4.15. The van der Waals surface area contributed by atoms with E-state index < -0.39 is 16.7 Å². The fourth-order valence-electron chi connectivity index (χ4n) is 1.72. The zero-order valence-corrected chi connectivity index (χ0v) is 9.82. The quantitative estimate of drug-likeness (QED) is 0.722. The number of nitrogens with one attached hydrogen (secondary N) is 2. The third-order valence-electron chi connectivity index (χ3n) is 2.66. The highest BCUT2D eigenvalue weighted by atomic mass is 32.2. The second-order valence-electron chi connectivity index (χ2n) is 4.06. The van der Waals surface area contributed by atoms with Crippen molar-refractivity contribution >= 4 is 10.0 Å². The van der Waals surface area contributed by atoms with Crippen molar-refractivity contribution < 1.29 is 12.8 Å². The molecule has 1 aliphatic heterocycles. The van der Waals surface area contributed by atoms with E-state index in [9.17, 15) is 12.8 Å². The van der Waals surface area contributed by atoms with Crippen molar-refractivity contribution in [3.63, 3.8) is 0 Å². The molecule has 15 heavy (non-hydrogen) atoms. The highest BCUT2D eigenvalue weighted by Gasteiger charge is 2.25. The predicted octanol–water partition coefficient (Wildman–Crippen LogP) is 0.263. The van der Waals surface area contributed by atoms with Gasteiger partial charge in [0, 0.05) is 6.04 Å². The molecule has 0 aromatic rings. The van der Waals surface area contributed by atoms with Gasteiger partial charge in [0.05, 0.1) is 12.4 Å². The molecule has 1 fully saturated rings. The van der Waals surface area contributed by atoms with Gasteiger partial charge < -0.3 is 5.32 Å². The van der Waals surface area contributed by atoms with Gasteiger partial charge in [-0.05, 0) is 31.8 Å². The smallest absolute Gasteiger partial charge is 0.211 e. The molecule has 1 heterocycles. The normalized spacial score (nSPS) is 27.9. The molecule has 1 saturated heterocycles. The van der Waals surface area contributed by atoms with E-state index >= 15 is 0 Å². The Labute approximate surface area is 90.7 Å². The van der Waals surface area contributed by atoms with Crippen molar-refractivity contribution in [1.82, 2.24) is 10.0 Å². The lowest BCUT2D eigenvalue weighted by Gasteiger charge is -2.29. The third kappa shape index (κ3) is 4.44. The van der Waals surface area contributed by atoms with Gasteiger partial charge in [-0.2, -0.15) is 0 Å². The van der Waals surface area contributed by atoms with E-state index in [2.05, 4.69) is 10.0 Å². The van der Waals surface area contributed by atoms with E-state index in [0.717, 1.165) is 19.5 Å². The molecule has 0 amide bonds. The van der Waals surface area contributed by atoms with Gasteiger partial charge in [0.15, 0.2) is 0 Å². The van der Waals surface area contributed by atoms with Crippen LogP contribution in [0.4, 0.5) is 4.39 Å². The number of hydrogen-bond donors (Lipinski definition) is 2. The Hall–Kier alpha value is -0.200. The first-order valence-corrected chi connectivity index (χ1v) is 6.97. The molecule has 0 aromatic heterocycles. The summed E-state index contributed by atoms with van der Waals surface area (Å²) in [5, 5.41) is 3.20. The van der Waals surface area contributed by atoms with Gasteiger partial charge in [-0.25, -0.2) is 13.1 Å². The zero-order valence-electron chi connectivity index (χ0n) is 9.00. The molecular weight excluding hydrogens is 219 g/mol. The van der Waals surface area contributed by atoms with Crippen molar-refractivity contribution in [3.8, 4) is 0 Å². The number of halogens is 1. The number of sulfonamides is 1. The van der Waals surface area contributed by atoms with Crippen LogP contribution in [0.25, 0.3) is 0 Å². The minimum Gasteiger partial charge on any atom is -0.316 e. The monoisotopic (exact) mass is 238 g/mol. The number of rotatable bonds is 5. The average Bonchev–Trinajstić information content (AvgIpc) is 2.18. The Balaban J connectivity index is 2.44. The van der Waals surface area contributed by atoms with E-state index in [1.54, 1.807) is 0 Å². The standard InChI is InChI=1S/C9H19FN2O2S/c1-8-7-11-5-3-9(8)12-15(13,14)6-2-4-10/h8-9,11-12H,2-7H2,1H3. The molecule has 0 spiro atoms. The fourth-order valence-corrected chi connectivity index (χ4v) is 3.14. The molecule has 1 rings (SSSR count). The summed E-state index contributed by atoms with van der Waals surface area (Å²) in [7, 11) is -3.29. The largest absolute Gasteiger partial charge is 0.316 e. The number of hydrogen-bond acceptors (Lipinski definition) is 3. The lowest BCUT2D eigenvalue weighted by Crippen LogP contribution is -2.48. The van der Waals surface area contributed by atoms with Crippen molar-refractivity contribution in [2.75, 3.05) is 25.5 Å². The molecule has 2 unspecified atom stereocenters. The molecule has 0 bridgehead atoms. The number of piperidine rings is 1. The molecule has 6 heteroatoms. The molecule has 0 aromatic carbocycles. The van der Waals surface area contributed by atoms with Crippen molar-refractivity contribution in [2.24, 2.45) is 5.92 Å². The van der Waals surface area contributed by atoms with Gasteiger partial charge in [-0.1, -0.05) is 6.92 Å². The second-order valence-corrected chi connectivity index (χ2v) is 5.93. The Morgan fingerprint density at radius 3 is 2.87 bits per heavy atom. The molecule has 1 aliphatic rings. The van der Waals surface area contributed by atoms with Gasteiger partial charge in [0.2, 0.25) is 10.0 Å². The summed E-state index contributed by atoms with van der Waals surface area (Å²) < 4.78 is 37.5. The minimum absolute atomic E-state index is 0.00383. The van der Waals surface area contributed by atoms with Gasteiger partial charge >= 0.3 is 0 Å². The predicted molar refractivity (Wildman–Crippen MR) is 58.0 cm³/mol. The Morgan fingerprint density at radius 1 is 1.53 bits per heavy atom. The fraction of sp³-hybridized carbons (Fsp3) is 1.00. The summed E-state index contributed by atoms with van der Waals surface area (Å²) >= 11 is 0. The maximum absolute atomic E-state index is 11.9. The van der Waals surface area contributed by atoms with Gasteiger partial charge in [-0.3, -0.25) is 4.39 Å². The van der Waals surface area contributed by atoms with E-state index in [0.29, 0.717) is 5.92 Å². The molecular formula is C9H19FN2O2S. The van der Waals surface area contributed by atoms with Crippen molar-refractivity contribution in [1.29, 1.82) is 0 Å². The number of alkyl halides is 1. The molecule has 0 aliphatic carbocycles. The summed E-state index contributed by atoms with van der Waals surface area (Å²) in [6.45, 7) is 3.09. The first kappa shape index (κ1) is 12.9. The average molecular weight is 238 g/mol. The zero-order chi connectivity index (χ0) is 11.3. The van der Waals surface area contributed by atoms with Crippen molar-refractivity contribution in [3.05, 3.63) is 0 Å². The SMILES string of the molecule is CC1CNCCC1NS(=O)(=O)CCCF. The van der Waals surface area contributed by atoms with Crippen LogP contribution in [-0.4, -0.2) is 40.0 Å². The first-order chi connectivity index (χ1) is 7.05. The Morgan fingerprint density at radius 2 is 2.27 bits per heavy atom. The first-order valence-electron chi connectivity index (χ1n) is 5.32. The van der Waals surface area contributed by atoms with Gasteiger partial charge in [-0.15, -0.1) is 0 Å². The highest BCUT2D eigenvalue weighted by molar-refractivity contribution is 7.89. The van der Waals surface area contributed by atoms with Crippen LogP contribution in [0.3, 0.4) is 0 Å². The summed E-state index contributed by atoms with van der Waals surface area (Å²) in [6.07, 6.45) is 0.880. The molecule has 2 atom stereocenters.